The van der Waals surface area contributed by atoms with Gasteiger partial charge in [0.05, 0.1) is 6.61 Å². The lowest BCUT2D eigenvalue weighted by Crippen LogP contribution is -2.33. The molecule has 1 atom stereocenters. The van der Waals surface area contributed by atoms with E-state index in [1.165, 1.54) is 19.3 Å². The third kappa shape index (κ3) is 10.4. The predicted octanol–water partition coefficient (Wildman–Crippen LogP) is 4.42. The molecule has 0 amide bonds. The van der Waals surface area contributed by atoms with Crippen LogP contribution in [0.15, 0.2) is 12.2 Å². The van der Waals surface area contributed by atoms with E-state index in [0.29, 0.717) is 13.0 Å². The summed E-state index contributed by atoms with van der Waals surface area (Å²) in [4.78, 5) is 23.5. The van der Waals surface area contributed by atoms with Crippen molar-refractivity contribution in [3.8, 4) is 0 Å². The molecule has 0 aromatic heterocycles. The fourth-order valence-electron chi connectivity index (χ4n) is 1.99. The fraction of sp³-hybridized carbons (Fsp3) is 0.778. The van der Waals surface area contributed by atoms with Gasteiger partial charge in [0, 0.05) is 12.3 Å². The van der Waals surface area contributed by atoms with Gasteiger partial charge in [0.2, 0.25) is 6.10 Å². The third-order valence-electron chi connectivity index (χ3n) is 3.28. The molecule has 0 fully saturated rings. The number of hydrogen-bond acceptors (Lipinski definition) is 4. The van der Waals surface area contributed by atoms with Crippen LogP contribution < -0.4 is 0 Å². The zero-order valence-electron chi connectivity index (χ0n) is 14.6. The van der Waals surface area contributed by atoms with Gasteiger partial charge < -0.3 is 9.47 Å². The SMILES string of the molecule is CCCCC/C=C/CCCC(=O)OC(C(=O)OCC)C(C)C. The molecule has 128 valence electrons. The van der Waals surface area contributed by atoms with Crippen molar-refractivity contribution in [2.24, 2.45) is 5.92 Å². The Balaban J connectivity index is 3.93. The van der Waals surface area contributed by atoms with Crippen LogP contribution in [-0.4, -0.2) is 24.6 Å². The van der Waals surface area contributed by atoms with Crippen molar-refractivity contribution >= 4 is 11.9 Å². The second kappa shape index (κ2) is 13.4. The Morgan fingerprint density at radius 3 is 2.18 bits per heavy atom. The fourth-order valence-corrected chi connectivity index (χ4v) is 1.99. The first-order valence-electron chi connectivity index (χ1n) is 8.54. The van der Waals surface area contributed by atoms with E-state index in [9.17, 15) is 9.59 Å². The zero-order valence-corrected chi connectivity index (χ0v) is 14.6. The van der Waals surface area contributed by atoms with Crippen molar-refractivity contribution in [2.75, 3.05) is 6.61 Å². The van der Waals surface area contributed by atoms with Crippen molar-refractivity contribution in [1.82, 2.24) is 0 Å². The Bertz CT molecular complexity index is 334. The first-order chi connectivity index (χ1) is 10.5. The minimum Gasteiger partial charge on any atom is -0.463 e. The number of carbonyl (C=O) groups excluding carboxylic acids is 2. The molecule has 0 spiro atoms. The molecule has 22 heavy (non-hydrogen) atoms. The van der Waals surface area contributed by atoms with Crippen molar-refractivity contribution in [2.45, 2.75) is 78.7 Å². The van der Waals surface area contributed by atoms with Crippen LogP contribution in [0.1, 0.15) is 72.6 Å². The maximum absolute atomic E-state index is 11.8. The highest BCUT2D eigenvalue weighted by molar-refractivity contribution is 5.79. The Labute approximate surface area is 135 Å². The topological polar surface area (TPSA) is 52.6 Å². The normalized spacial score (nSPS) is 12.6. The first-order valence-corrected chi connectivity index (χ1v) is 8.54. The van der Waals surface area contributed by atoms with E-state index in [0.717, 1.165) is 19.3 Å². The minimum atomic E-state index is -0.794. The van der Waals surface area contributed by atoms with Crippen molar-refractivity contribution in [3.63, 3.8) is 0 Å². The monoisotopic (exact) mass is 312 g/mol. The molecule has 4 nitrogen and oxygen atoms in total. The van der Waals surface area contributed by atoms with Crippen LogP contribution in [-0.2, 0) is 19.1 Å². The molecule has 0 aliphatic carbocycles. The van der Waals surface area contributed by atoms with E-state index >= 15 is 0 Å². The van der Waals surface area contributed by atoms with Gasteiger partial charge in [-0.15, -0.1) is 0 Å². The Hall–Kier alpha value is -1.32. The van der Waals surface area contributed by atoms with Gasteiger partial charge >= 0.3 is 11.9 Å². The number of unbranched alkanes of at least 4 members (excludes halogenated alkanes) is 4. The summed E-state index contributed by atoms with van der Waals surface area (Å²) in [7, 11) is 0. The molecule has 1 unspecified atom stereocenters. The van der Waals surface area contributed by atoms with Gasteiger partial charge in [-0.05, 0) is 32.6 Å². The van der Waals surface area contributed by atoms with Crippen LogP contribution in [0.5, 0.6) is 0 Å². The number of hydrogen-bond donors (Lipinski definition) is 0. The Kier molecular flexibility index (Phi) is 12.5. The van der Waals surface area contributed by atoms with Gasteiger partial charge in [0.15, 0.2) is 0 Å². The van der Waals surface area contributed by atoms with Gasteiger partial charge in [0.1, 0.15) is 0 Å². The van der Waals surface area contributed by atoms with Gasteiger partial charge in [-0.1, -0.05) is 45.8 Å². The molecule has 0 aliphatic rings. The van der Waals surface area contributed by atoms with Gasteiger partial charge in [0.25, 0.3) is 0 Å². The molecule has 0 aliphatic heterocycles. The Morgan fingerprint density at radius 1 is 1.00 bits per heavy atom. The van der Waals surface area contributed by atoms with Crippen molar-refractivity contribution in [1.29, 1.82) is 0 Å². The molecule has 0 bridgehead atoms. The molecule has 0 aromatic rings. The maximum Gasteiger partial charge on any atom is 0.347 e. The van der Waals surface area contributed by atoms with Crippen LogP contribution >= 0.6 is 0 Å². The summed E-state index contributed by atoms with van der Waals surface area (Å²) >= 11 is 0. The van der Waals surface area contributed by atoms with E-state index in [4.69, 9.17) is 9.47 Å². The molecule has 0 saturated heterocycles. The predicted molar refractivity (Wildman–Crippen MR) is 88.5 cm³/mol. The zero-order chi connectivity index (χ0) is 16.8. The van der Waals surface area contributed by atoms with E-state index in [1.807, 2.05) is 13.8 Å². The number of carbonyl (C=O) groups is 2. The summed E-state index contributed by atoms with van der Waals surface area (Å²) in [6, 6.07) is 0. The van der Waals surface area contributed by atoms with E-state index in [-0.39, 0.29) is 11.9 Å². The maximum atomic E-state index is 11.8. The molecule has 0 rings (SSSR count). The van der Waals surface area contributed by atoms with Crippen molar-refractivity contribution in [3.05, 3.63) is 12.2 Å². The molecular formula is C18H32O4. The highest BCUT2D eigenvalue weighted by atomic mass is 16.6. The number of allylic oxidation sites excluding steroid dienone is 2. The lowest BCUT2D eigenvalue weighted by Gasteiger charge is -2.19. The second-order valence-electron chi connectivity index (χ2n) is 5.77. The summed E-state index contributed by atoms with van der Waals surface area (Å²) in [5, 5.41) is 0. The Morgan fingerprint density at radius 2 is 1.64 bits per heavy atom. The van der Waals surface area contributed by atoms with E-state index < -0.39 is 12.1 Å². The minimum absolute atomic E-state index is 0.0820. The molecule has 0 saturated carbocycles. The summed E-state index contributed by atoms with van der Waals surface area (Å²) in [5.41, 5.74) is 0. The average Bonchev–Trinajstić information content (AvgIpc) is 2.47. The van der Waals surface area contributed by atoms with Crippen LogP contribution in [0.4, 0.5) is 0 Å². The summed E-state index contributed by atoms with van der Waals surface area (Å²) in [6.45, 7) is 7.91. The number of esters is 2. The number of rotatable bonds is 12. The first kappa shape index (κ1) is 20.7. The van der Waals surface area contributed by atoms with Crippen LogP contribution in [0.3, 0.4) is 0 Å². The second-order valence-corrected chi connectivity index (χ2v) is 5.77. The summed E-state index contributed by atoms with van der Waals surface area (Å²) in [5.74, 6) is -0.866. The van der Waals surface area contributed by atoms with E-state index in [2.05, 4.69) is 19.1 Å². The quantitative estimate of drug-likeness (QED) is 0.304. The number of ether oxygens (including phenoxy) is 2. The van der Waals surface area contributed by atoms with Gasteiger partial charge in [-0.3, -0.25) is 4.79 Å². The highest BCUT2D eigenvalue weighted by Gasteiger charge is 2.27. The smallest absolute Gasteiger partial charge is 0.347 e. The van der Waals surface area contributed by atoms with Crippen LogP contribution in [0.2, 0.25) is 0 Å². The average molecular weight is 312 g/mol. The van der Waals surface area contributed by atoms with Crippen LogP contribution in [0.25, 0.3) is 0 Å². The highest BCUT2D eigenvalue weighted by Crippen LogP contribution is 2.11. The van der Waals surface area contributed by atoms with Gasteiger partial charge in [-0.2, -0.15) is 0 Å². The van der Waals surface area contributed by atoms with Crippen LogP contribution in [0, 0.1) is 5.92 Å². The summed E-state index contributed by atoms with van der Waals surface area (Å²) < 4.78 is 10.2. The lowest BCUT2D eigenvalue weighted by molar-refractivity contribution is -0.170. The van der Waals surface area contributed by atoms with E-state index in [1.54, 1.807) is 6.92 Å². The molecule has 0 aromatic carbocycles. The third-order valence-corrected chi connectivity index (χ3v) is 3.28. The van der Waals surface area contributed by atoms with Crippen molar-refractivity contribution < 1.29 is 19.1 Å². The largest absolute Gasteiger partial charge is 0.463 e. The summed E-state index contributed by atoms with van der Waals surface area (Å²) in [6.07, 6.45) is 10.3. The molecule has 4 heteroatoms. The molecule has 0 radical (unpaired) electrons. The standard InChI is InChI=1S/C18H32O4/c1-5-7-8-9-10-11-12-13-14-16(19)22-17(15(3)4)18(20)21-6-2/h10-11,15,17H,5-9,12-14H2,1-4H3/b11-10+. The van der Waals surface area contributed by atoms with Gasteiger partial charge in [-0.25, -0.2) is 4.79 Å². The lowest BCUT2D eigenvalue weighted by atomic mass is 10.1. The molecule has 0 N–H and O–H groups in total. The molecular weight excluding hydrogens is 280 g/mol. The molecule has 0 heterocycles.